The van der Waals surface area contributed by atoms with Gasteiger partial charge in [-0.05, 0) is 134 Å². The van der Waals surface area contributed by atoms with Crippen molar-refractivity contribution < 1.29 is 10.2 Å². The third-order valence-corrected chi connectivity index (χ3v) is 16.3. The summed E-state index contributed by atoms with van der Waals surface area (Å²) < 4.78 is 0. The van der Waals surface area contributed by atoms with E-state index in [9.17, 15) is 10.2 Å². The van der Waals surface area contributed by atoms with Crippen LogP contribution in [0.15, 0.2) is 12.2 Å². The summed E-state index contributed by atoms with van der Waals surface area (Å²) in [5.41, 5.74) is 2.61. The molecule has 3 aliphatic heterocycles. The molecule has 3 heterocycles. The van der Waals surface area contributed by atoms with Gasteiger partial charge in [-0.3, -0.25) is 4.90 Å². The average molecular weight is 553 g/mol. The number of rotatable bonds is 4. The second-order valence-electron chi connectivity index (χ2n) is 17.7. The second-order valence-corrected chi connectivity index (χ2v) is 17.7. The normalized spacial score (nSPS) is 55.2. The summed E-state index contributed by atoms with van der Waals surface area (Å²) in [4.78, 5) is 2.76. The van der Waals surface area contributed by atoms with E-state index in [0.717, 1.165) is 25.4 Å². The average Bonchev–Trinajstić information content (AvgIpc) is 3.32. The number of aliphatic hydroxyl groups is 2. The first-order valence-corrected chi connectivity index (χ1v) is 17.3. The van der Waals surface area contributed by atoms with Crippen LogP contribution in [0.25, 0.3) is 0 Å². The van der Waals surface area contributed by atoms with E-state index in [1.165, 1.54) is 82.7 Å². The molecule has 8 aliphatic rings. The molecule has 3 N–H and O–H groups in total. The summed E-state index contributed by atoms with van der Waals surface area (Å²) in [6.07, 6.45) is 14.9. The van der Waals surface area contributed by atoms with Crippen molar-refractivity contribution in [2.75, 3.05) is 26.2 Å². The molecule has 0 aromatic heterocycles. The lowest BCUT2D eigenvalue weighted by Crippen LogP contribution is -2.66. The fourth-order valence-electron chi connectivity index (χ4n) is 13.8. The molecule has 8 fully saturated rings. The first-order valence-electron chi connectivity index (χ1n) is 17.3. The number of hydrogen-bond acceptors (Lipinski definition) is 4. The predicted molar refractivity (Wildman–Crippen MR) is 163 cm³/mol. The van der Waals surface area contributed by atoms with E-state index in [1.807, 2.05) is 0 Å². The minimum atomic E-state index is -0.155. The number of hydrogen-bond donors (Lipinski definition) is 3. The number of piperazine rings is 1. The molecule has 3 saturated heterocycles. The van der Waals surface area contributed by atoms with Crippen LogP contribution in [0.5, 0.6) is 0 Å². The molecule has 40 heavy (non-hydrogen) atoms. The summed E-state index contributed by atoms with van der Waals surface area (Å²) >= 11 is 0. The molecule has 5 saturated carbocycles. The molecule has 4 nitrogen and oxygen atoms in total. The molecule has 0 amide bonds. The maximum absolute atomic E-state index is 11.0. The van der Waals surface area contributed by atoms with Gasteiger partial charge in [-0.1, -0.05) is 46.8 Å². The summed E-state index contributed by atoms with van der Waals surface area (Å²) in [7, 11) is 0. The Kier molecular flexibility index (Phi) is 6.59. The van der Waals surface area contributed by atoms with Gasteiger partial charge in [-0.15, -0.1) is 0 Å². The van der Waals surface area contributed by atoms with Crippen LogP contribution in [0.2, 0.25) is 0 Å². The van der Waals surface area contributed by atoms with Gasteiger partial charge in [0.05, 0.1) is 6.10 Å². The highest BCUT2D eigenvalue weighted by molar-refractivity contribution is 5.23. The van der Waals surface area contributed by atoms with E-state index >= 15 is 0 Å². The van der Waals surface area contributed by atoms with Crippen LogP contribution in [0.4, 0.5) is 0 Å². The number of aliphatic hydroxyl groups excluding tert-OH is 2. The molecule has 0 spiro atoms. The summed E-state index contributed by atoms with van der Waals surface area (Å²) in [6.45, 7) is 21.4. The van der Waals surface area contributed by atoms with Crippen LogP contribution in [0, 0.1) is 56.7 Å². The van der Waals surface area contributed by atoms with Gasteiger partial charge in [-0.25, -0.2) is 0 Å². The van der Waals surface area contributed by atoms with E-state index in [1.54, 1.807) is 0 Å². The van der Waals surface area contributed by atoms with Gasteiger partial charge in [0.15, 0.2) is 0 Å². The van der Waals surface area contributed by atoms with Gasteiger partial charge in [0.2, 0.25) is 0 Å². The smallest absolute Gasteiger partial charge is 0.0594 e. The molecule has 7 unspecified atom stereocenters. The Hall–Kier alpha value is -0.420. The third kappa shape index (κ3) is 3.64. The van der Waals surface area contributed by atoms with Gasteiger partial charge in [0, 0.05) is 38.3 Å². The lowest BCUT2D eigenvalue weighted by Gasteiger charge is -2.73. The number of fused-ring (bicyclic) bond motifs is 10. The van der Waals surface area contributed by atoms with Crippen LogP contribution in [-0.4, -0.2) is 59.5 Å². The first-order chi connectivity index (χ1) is 18.9. The van der Waals surface area contributed by atoms with Gasteiger partial charge < -0.3 is 15.5 Å². The Morgan fingerprint density at radius 2 is 1.65 bits per heavy atom. The maximum Gasteiger partial charge on any atom is 0.0594 e. The van der Waals surface area contributed by atoms with Crippen LogP contribution in [0.1, 0.15) is 112 Å². The van der Waals surface area contributed by atoms with Crippen molar-refractivity contribution in [3.63, 3.8) is 0 Å². The van der Waals surface area contributed by atoms with Gasteiger partial charge in [-0.2, -0.15) is 0 Å². The van der Waals surface area contributed by atoms with E-state index in [0.29, 0.717) is 58.6 Å². The van der Waals surface area contributed by atoms with E-state index < -0.39 is 0 Å². The fourth-order valence-corrected chi connectivity index (χ4v) is 13.8. The lowest BCUT2D eigenvalue weighted by molar-refractivity contribution is -0.249. The zero-order valence-electron chi connectivity index (χ0n) is 26.5. The highest BCUT2D eigenvalue weighted by Gasteiger charge is 2.70. The van der Waals surface area contributed by atoms with Crippen molar-refractivity contribution >= 4 is 0 Å². The zero-order valence-corrected chi connectivity index (χ0v) is 26.5. The molecule has 12 atom stereocenters. The van der Waals surface area contributed by atoms with E-state index in [2.05, 4.69) is 44.8 Å². The molecule has 226 valence electrons. The standard InChI is InChI=1S/C36H60N2O2/c1-23(20-38-21-24-7-8-25(38)19-37-24)26-11-16-36(22-39)18-17-34(5)27(31(26)36)9-10-29-33(4)14-13-30(40)32(2,3)28(33)12-15-35(29,34)6/h24-31,37,39-40H,1,7-22H2,2-6H3/t24?,25?,26?,27?,28?,29?,30-,31?,33-,34+,35+,36+/m0/s1. The van der Waals surface area contributed by atoms with Crippen LogP contribution in [-0.2, 0) is 0 Å². The zero-order chi connectivity index (χ0) is 28.3. The molecular weight excluding hydrogens is 492 g/mol. The Balaban J connectivity index is 1.19. The van der Waals surface area contributed by atoms with Crippen molar-refractivity contribution in [2.24, 2.45) is 56.7 Å². The van der Waals surface area contributed by atoms with Crippen LogP contribution in [0.3, 0.4) is 0 Å². The molecular formula is C36H60N2O2. The van der Waals surface area contributed by atoms with Gasteiger partial charge in [0.25, 0.3) is 0 Å². The molecule has 4 heteroatoms. The van der Waals surface area contributed by atoms with Crippen molar-refractivity contribution in [1.82, 2.24) is 10.2 Å². The molecule has 2 bridgehead atoms. The Labute approximate surface area is 245 Å². The number of piperidine rings is 2. The molecule has 5 aliphatic carbocycles. The number of nitrogens with one attached hydrogen (secondary N) is 1. The summed E-state index contributed by atoms with van der Waals surface area (Å²) in [5, 5.41) is 25.8. The van der Waals surface area contributed by atoms with Crippen molar-refractivity contribution in [2.45, 2.75) is 130 Å². The topological polar surface area (TPSA) is 55.7 Å². The Bertz CT molecular complexity index is 1020. The van der Waals surface area contributed by atoms with Crippen molar-refractivity contribution in [3.05, 3.63) is 12.2 Å². The lowest BCUT2D eigenvalue weighted by atomic mass is 9.32. The summed E-state index contributed by atoms with van der Waals surface area (Å²) in [6, 6.07) is 1.36. The second kappa shape index (κ2) is 9.29. The molecule has 0 aromatic rings. The van der Waals surface area contributed by atoms with Crippen LogP contribution >= 0.6 is 0 Å². The predicted octanol–water partition coefficient (Wildman–Crippen LogP) is 6.41. The van der Waals surface area contributed by atoms with Crippen LogP contribution < -0.4 is 5.32 Å². The van der Waals surface area contributed by atoms with Gasteiger partial charge in [0.1, 0.15) is 0 Å². The van der Waals surface area contributed by atoms with E-state index in [-0.39, 0.29) is 16.9 Å². The maximum atomic E-state index is 11.0. The highest BCUT2D eigenvalue weighted by atomic mass is 16.3. The molecule has 8 rings (SSSR count). The van der Waals surface area contributed by atoms with Crippen molar-refractivity contribution in [1.29, 1.82) is 0 Å². The van der Waals surface area contributed by atoms with Gasteiger partial charge >= 0.3 is 0 Å². The number of nitrogens with zero attached hydrogens (tertiary/aromatic N) is 1. The minimum absolute atomic E-state index is 0.0163. The molecule has 0 radical (unpaired) electrons. The Morgan fingerprint density at radius 3 is 2.33 bits per heavy atom. The quantitative estimate of drug-likeness (QED) is 0.353. The minimum Gasteiger partial charge on any atom is -0.396 e. The summed E-state index contributed by atoms with van der Waals surface area (Å²) in [5.74, 6) is 3.22. The monoisotopic (exact) mass is 552 g/mol. The highest BCUT2D eigenvalue weighted by Crippen LogP contribution is 2.77. The third-order valence-electron chi connectivity index (χ3n) is 16.3. The van der Waals surface area contributed by atoms with E-state index in [4.69, 9.17) is 6.58 Å². The van der Waals surface area contributed by atoms with Crippen molar-refractivity contribution in [3.8, 4) is 0 Å². The molecule has 0 aromatic carbocycles. The largest absolute Gasteiger partial charge is 0.396 e. The fraction of sp³-hybridized carbons (Fsp3) is 0.944. The SMILES string of the molecule is C=C(CN1CC2CCC1CN2)C1CC[C@]2(CO)CC[C@]3(C)C(CCC4[C@@]5(C)CC[C@H](O)C(C)(C)C5CC[C@]43C)C12. The first kappa shape index (κ1) is 28.4. The Morgan fingerprint density at radius 1 is 0.850 bits per heavy atom.